The number of allylic oxidation sites excluding steroid dienone is 2. The van der Waals surface area contributed by atoms with Crippen LogP contribution in [0.5, 0.6) is 0 Å². The Morgan fingerprint density at radius 3 is 2.31 bits per heavy atom. The lowest BCUT2D eigenvalue weighted by molar-refractivity contribution is -0.236. The van der Waals surface area contributed by atoms with Crippen molar-refractivity contribution < 1.29 is 9.59 Å². The van der Waals surface area contributed by atoms with Gasteiger partial charge in [-0.05, 0) is 104 Å². The SMILES string of the molecule is CC1=CC[C@]2(C=O)CC[C@]3(C)C(CC[C@@H]4[C@@]5(C)CCC(=O)C(C)(C)[C@@H]5CC[C@]43C)[C@H]2[C@@H]1C. The number of hydrogen-bond acceptors (Lipinski definition) is 2. The fourth-order valence-corrected chi connectivity index (χ4v) is 11.0. The van der Waals surface area contributed by atoms with Crippen LogP contribution in [0.1, 0.15) is 106 Å². The van der Waals surface area contributed by atoms with E-state index in [4.69, 9.17) is 0 Å². The summed E-state index contributed by atoms with van der Waals surface area (Å²) < 4.78 is 0. The molecule has 0 radical (unpaired) electrons. The van der Waals surface area contributed by atoms with E-state index in [2.05, 4.69) is 54.5 Å². The molecule has 178 valence electrons. The highest BCUT2D eigenvalue weighted by molar-refractivity contribution is 5.85. The van der Waals surface area contributed by atoms with E-state index in [0.29, 0.717) is 46.2 Å². The van der Waals surface area contributed by atoms with Crippen LogP contribution in [0.25, 0.3) is 0 Å². The van der Waals surface area contributed by atoms with Crippen LogP contribution in [-0.4, -0.2) is 12.1 Å². The third-order valence-corrected chi connectivity index (χ3v) is 13.2. The van der Waals surface area contributed by atoms with Gasteiger partial charge in [0.1, 0.15) is 12.1 Å². The second-order valence-electron chi connectivity index (χ2n) is 14.1. The molecule has 4 fully saturated rings. The zero-order valence-corrected chi connectivity index (χ0v) is 21.7. The summed E-state index contributed by atoms with van der Waals surface area (Å²) in [5.41, 5.74) is 2.07. The minimum Gasteiger partial charge on any atom is -0.303 e. The van der Waals surface area contributed by atoms with Gasteiger partial charge < -0.3 is 4.79 Å². The molecule has 0 amide bonds. The van der Waals surface area contributed by atoms with E-state index in [0.717, 1.165) is 25.7 Å². The van der Waals surface area contributed by atoms with E-state index < -0.39 is 0 Å². The molecule has 5 aliphatic carbocycles. The second-order valence-corrected chi connectivity index (χ2v) is 14.1. The Morgan fingerprint density at radius 2 is 1.62 bits per heavy atom. The lowest BCUT2D eigenvalue weighted by atomic mass is 9.31. The topological polar surface area (TPSA) is 34.1 Å². The molecule has 32 heavy (non-hydrogen) atoms. The first-order valence-electron chi connectivity index (χ1n) is 13.5. The first-order chi connectivity index (χ1) is 14.9. The van der Waals surface area contributed by atoms with Crippen molar-refractivity contribution in [2.75, 3.05) is 0 Å². The molecule has 2 heteroatoms. The number of carbonyl (C=O) groups excluding carboxylic acids is 2. The predicted octanol–water partition coefficient (Wildman–Crippen LogP) is 7.41. The summed E-state index contributed by atoms with van der Waals surface area (Å²) in [6, 6.07) is 0. The molecule has 0 aromatic carbocycles. The standard InChI is InChI=1S/C30H46O2/c1-19-10-15-30(18-31)17-16-28(6)21(25(30)20(19)2)8-9-23-27(5)13-12-24(32)26(3,4)22(27)11-14-29(23,28)7/h10,18,20-23,25H,8-9,11-17H2,1-7H3/t20-,21?,22+,23-,25-,27+,28-,29-,30-/m1/s1. The van der Waals surface area contributed by atoms with Gasteiger partial charge in [0.15, 0.2) is 0 Å². The van der Waals surface area contributed by atoms with Gasteiger partial charge >= 0.3 is 0 Å². The quantitative estimate of drug-likeness (QED) is 0.315. The molecule has 4 saturated carbocycles. The van der Waals surface area contributed by atoms with Crippen molar-refractivity contribution >= 4 is 12.1 Å². The summed E-state index contributed by atoms with van der Waals surface area (Å²) in [6.45, 7) is 17.0. The molecule has 0 aliphatic heterocycles. The molecule has 9 atom stereocenters. The van der Waals surface area contributed by atoms with Crippen molar-refractivity contribution in [3.05, 3.63) is 11.6 Å². The Hall–Kier alpha value is -0.920. The monoisotopic (exact) mass is 438 g/mol. The lowest BCUT2D eigenvalue weighted by Gasteiger charge is -2.73. The van der Waals surface area contributed by atoms with Crippen molar-refractivity contribution in [2.24, 2.45) is 56.7 Å². The highest BCUT2D eigenvalue weighted by Gasteiger charge is 2.70. The lowest BCUT2D eigenvalue weighted by Crippen LogP contribution is -2.67. The summed E-state index contributed by atoms with van der Waals surface area (Å²) in [4.78, 5) is 25.5. The maximum absolute atomic E-state index is 12.9. The van der Waals surface area contributed by atoms with Gasteiger partial charge in [-0.15, -0.1) is 0 Å². The minimum absolute atomic E-state index is 0.132. The minimum atomic E-state index is -0.175. The Morgan fingerprint density at radius 1 is 0.906 bits per heavy atom. The van der Waals surface area contributed by atoms with Crippen molar-refractivity contribution in [2.45, 2.75) is 106 Å². The van der Waals surface area contributed by atoms with Crippen LogP contribution >= 0.6 is 0 Å². The van der Waals surface area contributed by atoms with E-state index in [1.807, 2.05) is 0 Å². The van der Waals surface area contributed by atoms with Crippen molar-refractivity contribution in [1.82, 2.24) is 0 Å². The first kappa shape index (κ1) is 22.9. The summed E-state index contributed by atoms with van der Waals surface area (Å²) in [7, 11) is 0. The van der Waals surface area contributed by atoms with Gasteiger partial charge in [0, 0.05) is 17.3 Å². The van der Waals surface area contributed by atoms with Gasteiger partial charge in [-0.2, -0.15) is 0 Å². The number of hydrogen-bond donors (Lipinski definition) is 0. The number of rotatable bonds is 1. The van der Waals surface area contributed by atoms with E-state index in [1.165, 1.54) is 44.0 Å². The van der Waals surface area contributed by atoms with Crippen LogP contribution in [-0.2, 0) is 9.59 Å². The fraction of sp³-hybridized carbons (Fsp3) is 0.867. The average molecular weight is 439 g/mol. The number of carbonyl (C=O) groups is 2. The molecule has 0 N–H and O–H groups in total. The van der Waals surface area contributed by atoms with E-state index in [9.17, 15) is 9.59 Å². The van der Waals surface area contributed by atoms with Crippen molar-refractivity contribution in [3.63, 3.8) is 0 Å². The Labute approximate surface area is 196 Å². The van der Waals surface area contributed by atoms with Gasteiger partial charge in [-0.3, -0.25) is 4.79 Å². The third-order valence-electron chi connectivity index (χ3n) is 13.2. The van der Waals surface area contributed by atoms with E-state index in [-0.39, 0.29) is 16.2 Å². The van der Waals surface area contributed by atoms with E-state index in [1.54, 1.807) is 0 Å². The molecule has 1 unspecified atom stereocenters. The summed E-state index contributed by atoms with van der Waals surface area (Å²) in [5, 5.41) is 0. The van der Waals surface area contributed by atoms with E-state index >= 15 is 0 Å². The molecule has 0 heterocycles. The maximum atomic E-state index is 12.9. The van der Waals surface area contributed by atoms with Gasteiger partial charge in [-0.25, -0.2) is 0 Å². The highest BCUT2D eigenvalue weighted by Crippen LogP contribution is 2.76. The first-order valence-corrected chi connectivity index (χ1v) is 13.5. The van der Waals surface area contributed by atoms with Crippen LogP contribution in [0.15, 0.2) is 11.6 Å². The fourth-order valence-electron chi connectivity index (χ4n) is 11.0. The van der Waals surface area contributed by atoms with Crippen LogP contribution in [0.4, 0.5) is 0 Å². The summed E-state index contributed by atoms with van der Waals surface area (Å²) in [6.07, 6.45) is 13.8. The number of ketones is 1. The molecular formula is C30H46O2. The molecule has 0 saturated heterocycles. The Balaban J connectivity index is 1.57. The van der Waals surface area contributed by atoms with Gasteiger partial charge in [0.25, 0.3) is 0 Å². The predicted molar refractivity (Wildman–Crippen MR) is 130 cm³/mol. The van der Waals surface area contributed by atoms with Crippen LogP contribution in [0, 0.1) is 56.7 Å². The average Bonchev–Trinajstić information content (AvgIpc) is 2.74. The maximum Gasteiger partial charge on any atom is 0.138 e. The molecular weight excluding hydrogens is 392 g/mol. The van der Waals surface area contributed by atoms with Crippen molar-refractivity contribution in [1.29, 1.82) is 0 Å². The second kappa shape index (κ2) is 6.82. The highest BCUT2D eigenvalue weighted by atomic mass is 16.1. The number of fused-ring (bicyclic) bond motifs is 7. The molecule has 0 aromatic rings. The molecule has 0 aromatic heterocycles. The third kappa shape index (κ3) is 2.54. The van der Waals surface area contributed by atoms with Gasteiger partial charge in [-0.1, -0.05) is 53.2 Å². The smallest absolute Gasteiger partial charge is 0.138 e. The molecule has 5 rings (SSSR count). The van der Waals surface area contributed by atoms with Gasteiger partial charge in [0.2, 0.25) is 0 Å². The summed E-state index contributed by atoms with van der Waals surface area (Å²) in [5.74, 6) is 3.36. The molecule has 0 spiro atoms. The molecule has 0 bridgehead atoms. The van der Waals surface area contributed by atoms with Crippen LogP contribution < -0.4 is 0 Å². The Bertz CT molecular complexity index is 868. The zero-order chi connectivity index (χ0) is 23.3. The van der Waals surface area contributed by atoms with Crippen LogP contribution in [0.2, 0.25) is 0 Å². The largest absolute Gasteiger partial charge is 0.303 e. The molecule has 5 aliphatic rings. The number of aldehydes is 1. The van der Waals surface area contributed by atoms with Gasteiger partial charge in [0.05, 0.1) is 0 Å². The van der Waals surface area contributed by atoms with Crippen molar-refractivity contribution in [3.8, 4) is 0 Å². The zero-order valence-electron chi connectivity index (χ0n) is 21.7. The number of Topliss-reactive ketones (excluding diaryl/α,β-unsaturated/α-hetero) is 1. The molecule has 2 nitrogen and oxygen atoms in total. The summed E-state index contributed by atoms with van der Waals surface area (Å²) >= 11 is 0. The Kier molecular flexibility index (Phi) is 4.87. The normalized spacial score (nSPS) is 54.4. The van der Waals surface area contributed by atoms with Crippen LogP contribution in [0.3, 0.4) is 0 Å².